The van der Waals surface area contributed by atoms with E-state index in [-0.39, 0.29) is 10.7 Å². The molecule has 0 radical (unpaired) electrons. The Hall–Kier alpha value is -1.71. The number of nitrogens with one attached hydrogen (secondary N) is 3. The molecule has 1 fully saturated rings. The van der Waals surface area contributed by atoms with Gasteiger partial charge in [0.15, 0.2) is 5.82 Å². The van der Waals surface area contributed by atoms with Crippen LogP contribution in [0, 0.1) is 18.7 Å². The van der Waals surface area contributed by atoms with E-state index in [9.17, 15) is 12.8 Å². The maximum Gasteiger partial charge on any atom is 0.266 e. The van der Waals surface area contributed by atoms with Crippen molar-refractivity contribution in [2.24, 2.45) is 5.92 Å². The van der Waals surface area contributed by atoms with Crippen LogP contribution in [0.25, 0.3) is 0 Å². The van der Waals surface area contributed by atoms with Gasteiger partial charge in [-0.05, 0) is 44.5 Å². The predicted octanol–water partition coefficient (Wildman–Crippen LogP) is 2.41. The SMILES string of the molecule is Cc1c(NC[C@H]2CCNC2)ccc(S(=O)(=O)Nc2cscn2)c1F. The highest BCUT2D eigenvalue weighted by Crippen LogP contribution is 2.26. The highest BCUT2D eigenvalue weighted by molar-refractivity contribution is 7.92. The summed E-state index contributed by atoms with van der Waals surface area (Å²) in [5.74, 6) is -0.0533. The Morgan fingerprint density at radius 2 is 2.29 bits per heavy atom. The first-order valence-corrected chi connectivity index (χ1v) is 10.0. The summed E-state index contributed by atoms with van der Waals surface area (Å²) in [7, 11) is -4.00. The van der Waals surface area contributed by atoms with E-state index in [4.69, 9.17) is 0 Å². The van der Waals surface area contributed by atoms with Crippen molar-refractivity contribution in [2.45, 2.75) is 18.2 Å². The molecule has 0 spiro atoms. The summed E-state index contributed by atoms with van der Waals surface area (Å²) in [6.45, 7) is 4.25. The van der Waals surface area contributed by atoms with Gasteiger partial charge in [0.25, 0.3) is 10.0 Å². The standard InChI is InChI=1S/C15H19FN4O2S2/c1-10-12(18-7-11-4-5-17-6-11)2-3-13(15(10)16)24(21,22)20-14-8-23-9-19-14/h2-3,8-9,11,17-18,20H,4-7H2,1H3/t11-/m0/s1. The Labute approximate surface area is 144 Å². The molecule has 1 aliphatic rings. The van der Waals surface area contributed by atoms with Crippen LogP contribution in [0.4, 0.5) is 15.9 Å². The van der Waals surface area contributed by atoms with Crippen LogP contribution in [-0.2, 0) is 10.0 Å². The van der Waals surface area contributed by atoms with E-state index < -0.39 is 15.8 Å². The van der Waals surface area contributed by atoms with Gasteiger partial charge >= 0.3 is 0 Å². The van der Waals surface area contributed by atoms with E-state index in [0.717, 1.165) is 26.1 Å². The Balaban J connectivity index is 1.78. The van der Waals surface area contributed by atoms with Crippen LogP contribution in [0.3, 0.4) is 0 Å². The van der Waals surface area contributed by atoms with Gasteiger partial charge in [0.1, 0.15) is 10.7 Å². The topological polar surface area (TPSA) is 83.1 Å². The largest absolute Gasteiger partial charge is 0.384 e. The van der Waals surface area contributed by atoms with Crippen molar-refractivity contribution in [1.82, 2.24) is 10.3 Å². The molecule has 130 valence electrons. The summed E-state index contributed by atoms with van der Waals surface area (Å²) in [5, 5.41) is 8.04. The lowest BCUT2D eigenvalue weighted by atomic mass is 10.1. The van der Waals surface area contributed by atoms with Crippen LogP contribution >= 0.6 is 11.3 Å². The number of sulfonamides is 1. The number of halogens is 1. The summed E-state index contributed by atoms with van der Waals surface area (Å²) in [5.41, 5.74) is 2.42. The van der Waals surface area contributed by atoms with E-state index in [1.807, 2.05) is 0 Å². The molecule has 0 saturated carbocycles. The van der Waals surface area contributed by atoms with Gasteiger partial charge < -0.3 is 10.6 Å². The molecule has 1 aromatic carbocycles. The summed E-state index contributed by atoms with van der Waals surface area (Å²) in [6.07, 6.45) is 1.08. The molecular weight excluding hydrogens is 351 g/mol. The highest BCUT2D eigenvalue weighted by Gasteiger charge is 2.23. The van der Waals surface area contributed by atoms with Crippen LogP contribution in [-0.4, -0.2) is 33.0 Å². The minimum absolute atomic E-state index is 0.188. The minimum Gasteiger partial charge on any atom is -0.384 e. The van der Waals surface area contributed by atoms with E-state index in [1.165, 1.54) is 22.9 Å². The lowest BCUT2D eigenvalue weighted by molar-refractivity contribution is 0.564. The highest BCUT2D eigenvalue weighted by atomic mass is 32.2. The van der Waals surface area contributed by atoms with Crippen LogP contribution in [0.2, 0.25) is 0 Å². The fourth-order valence-corrected chi connectivity index (χ4v) is 4.35. The molecule has 6 nitrogen and oxygen atoms in total. The first kappa shape index (κ1) is 17.1. The third-order valence-electron chi connectivity index (χ3n) is 4.06. The molecule has 1 aromatic heterocycles. The van der Waals surface area contributed by atoms with Crippen molar-refractivity contribution in [3.05, 3.63) is 34.4 Å². The molecule has 0 bridgehead atoms. The van der Waals surface area contributed by atoms with E-state index in [1.54, 1.807) is 18.4 Å². The number of benzene rings is 1. The number of anilines is 2. The number of nitrogens with zero attached hydrogens (tertiary/aromatic N) is 1. The number of hydrogen-bond donors (Lipinski definition) is 3. The lowest BCUT2D eigenvalue weighted by Gasteiger charge is -2.15. The van der Waals surface area contributed by atoms with Gasteiger partial charge in [0.2, 0.25) is 0 Å². The predicted molar refractivity (Wildman–Crippen MR) is 93.5 cm³/mol. The molecule has 9 heteroatoms. The molecule has 0 unspecified atom stereocenters. The summed E-state index contributed by atoms with van der Waals surface area (Å²) >= 11 is 1.26. The van der Waals surface area contributed by atoms with E-state index in [2.05, 4.69) is 20.3 Å². The molecule has 0 aliphatic carbocycles. The Kier molecular flexibility index (Phi) is 5.02. The van der Waals surface area contributed by atoms with Gasteiger partial charge in [-0.2, -0.15) is 0 Å². The quantitative estimate of drug-likeness (QED) is 0.727. The Morgan fingerprint density at radius 1 is 1.46 bits per heavy atom. The average Bonchev–Trinajstić information content (AvgIpc) is 3.21. The van der Waals surface area contributed by atoms with Gasteiger partial charge in [-0.25, -0.2) is 17.8 Å². The minimum atomic E-state index is -4.00. The van der Waals surface area contributed by atoms with Crippen LogP contribution < -0.4 is 15.4 Å². The third kappa shape index (κ3) is 3.68. The van der Waals surface area contributed by atoms with Crippen LogP contribution in [0.1, 0.15) is 12.0 Å². The molecule has 1 atom stereocenters. The molecule has 0 amide bonds. The second kappa shape index (κ2) is 7.04. The fourth-order valence-electron chi connectivity index (χ4n) is 2.66. The monoisotopic (exact) mass is 370 g/mol. The van der Waals surface area contributed by atoms with Crippen LogP contribution in [0.15, 0.2) is 27.9 Å². The van der Waals surface area contributed by atoms with Crippen molar-refractivity contribution in [1.29, 1.82) is 0 Å². The number of rotatable bonds is 6. The molecule has 3 rings (SSSR count). The number of thiazole rings is 1. The normalized spacial score (nSPS) is 17.8. The summed E-state index contributed by atoms with van der Waals surface area (Å²) in [6, 6.07) is 2.89. The second-order valence-corrected chi connectivity index (χ2v) is 8.14. The molecule has 2 heterocycles. The first-order valence-electron chi connectivity index (χ1n) is 7.62. The van der Waals surface area contributed by atoms with Crippen molar-refractivity contribution in [3.8, 4) is 0 Å². The number of hydrogen-bond acceptors (Lipinski definition) is 6. The summed E-state index contributed by atoms with van der Waals surface area (Å²) < 4.78 is 41.6. The van der Waals surface area contributed by atoms with Crippen molar-refractivity contribution >= 4 is 32.9 Å². The van der Waals surface area contributed by atoms with Crippen molar-refractivity contribution in [2.75, 3.05) is 29.7 Å². The van der Waals surface area contributed by atoms with Gasteiger partial charge in [0.05, 0.1) is 5.51 Å². The van der Waals surface area contributed by atoms with E-state index in [0.29, 0.717) is 17.2 Å². The second-order valence-electron chi connectivity index (χ2n) is 5.77. The molecular formula is C15H19FN4O2S2. The Bertz CT molecular complexity index is 803. The Morgan fingerprint density at radius 3 is 2.96 bits per heavy atom. The first-order chi connectivity index (χ1) is 11.5. The fraction of sp³-hybridized carbons (Fsp3) is 0.400. The zero-order valence-electron chi connectivity index (χ0n) is 13.2. The molecule has 1 saturated heterocycles. The van der Waals surface area contributed by atoms with Gasteiger partial charge in [0, 0.05) is 23.2 Å². The maximum atomic E-state index is 14.6. The third-order valence-corrected chi connectivity index (χ3v) is 6.01. The average molecular weight is 370 g/mol. The van der Waals surface area contributed by atoms with Gasteiger partial charge in [-0.3, -0.25) is 4.72 Å². The molecule has 2 aromatic rings. The van der Waals surface area contributed by atoms with Crippen molar-refractivity contribution < 1.29 is 12.8 Å². The van der Waals surface area contributed by atoms with Crippen LogP contribution in [0.5, 0.6) is 0 Å². The molecule has 1 aliphatic heterocycles. The molecule has 3 N–H and O–H groups in total. The van der Waals surface area contributed by atoms with Gasteiger partial charge in [-0.15, -0.1) is 11.3 Å². The smallest absolute Gasteiger partial charge is 0.266 e. The van der Waals surface area contributed by atoms with Gasteiger partial charge in [-0.1, -0.05) is 0 Å². The zero-order valence-corrected chi connectivity index (χ0v) is 14.8. The summed E-state index contributed by atoms with van der Waals surface area (Å²) in [4.78, 5) is 3.48. The van der Waals surface area contributed by atoms with E-state index >= 15 is 0 Å². The number of aromatic nitrogens is 1. The lowest BCUT2D eigenvalue weighted by Crippen LogP contribution is -2.19. The zero-order chi connectivity index (χ0) is 17.2. The maximum absolute atomic E-state index is 14.6. The molecule has 24 heavy (non-hydrogen) atoms. The van der Waals surface area contributed by atoms with Crippen molar-refractivity contribution in [3.63, 3.8) is 0 Å².